The summed E-state index contributed by atoms with van der Waals surface area (Å²) in [7, 11) is 1.99. The van der Waals surface area contributed by atoms with Crippen LogP contribution in [0.4, 0.5) is 0 Å². The highest BCUT2D eigenvalue weighted by atomic mass is 15.2. The maximum Gasteiger partial charge on any atom is 0.0610 e. The Kier molecular flexibility index (Phi) is 5.18. The highest BCUT2D eigenvalue weighted by Gasteiger charge is 2.29. The van der Waals surface area contributed by atoms with Crippen molar-refractivity contribution in [1.29, 1.82) is 0 Å². The van der Waals surface area contributed by atoms with Crippen molar-refractivity contribution in [3.63, 3.8) is 0 Å². The van der Waals surface area contributed by atoms with Crippen molar-refractivity contribution in [3.05, 3.63) is 53.9 Å². The van der Waals surface area contributed by atoms with Crippen molar-refractivity contribution in [2.75, 3.05) is 13.1 Å². The minimum Gasteiger partial charge on any atom is -0.303 e. The summed E-state index contributed by atoms with van der Waals surface area (Å²) in [6.07, 6.45) is 12.2. The SMILES string of the molecule is Cn1cc(C(NC2CCC(N3CCCC3)CC2)c2ccccc2)cn1. The lowest BCUT2D eigenvalue weighted by Gasteiger charge is -2.36. The second kappa shape index (κ2) is 7.71. The molecule has 134 valence electrons. The number of hydrogen-bond donors (Lipinski definition) is 1. The Hall–Kier alpha value is -1.65. The van der Waals surface area contributed by atoms with E-state index in [1.165, 1.54) is 62.7 Å². The van der Waals surface area contributed by atoms with Crippen molar-refractivity contribution in [2.24, 2.45) is 7.05 Å². The van der Waals surface area contributed by atoms with E-state index in [-0.39, 0.29) is 6.04 Å². The van der Waals surface area contributed by atoms with E-state index in [4.69, 9.17) is 0 Å². The van der Waals surface area contributed by atoms with Crippen molar-refractivity contribution in [3.8, 4) is 0 Å². The average molecular weight is 338 g/mol. The van der Waals surface area contributed by atoms with Crippen molar-refractivity contribution in [1.82, 2.24) is 20.0 Å². The van der Waals surface area contributed by atoms with E-state index in [9.17, 15) is 0 Å². The first-order chi connectivity index (χ1) is 12.3. The lowest BCUT2D eigenvalue weighted by Crippen LogP contribution is -2.42. The highest BCUT2D eigenvalue weighted by molar-refractivity contribution is 5.29. The fourth-order valence-electron chi connectivity index (χ4n) is 4.57. The van der Waals surface area contributed by atoms with Gasteiger partial charge < -0.3 is 10.2 Å². The monoisotopic (exact) mass is 338 g/mol. The Labute approximate surface area is 151 Å². The van der Waals surface area contributed by atoms with E-state index in [0.29, 0.717) is 6.04 Å². The average Bonchev–Trinajstić information content (AvgIpc) is 3.33. The lowest BCUT2D eigenvalue weighted by atomic mass is 9.88. The van der Waals surface area contributed by atoms with Crippen LogP contribution < -0.4 is 5.32 Å². The van der Waals surface area contributed by atoms with Crippen LogP contribution in [0, 0.1) is 0 Å². The third kappa shape index (κ3) is 3.96. The zero-order valence-corrected chi connectivity index (χ0v) is 15.3. The molecule has 25 heavy (non-hydrogen) atoms. The fraction of sp³-hybridized carbons (Fsp3) is 0.571. The van der Waals surface area contributed by atoms with Gasteiger partial charge >= 0.3 is 0 Å². The molecule has 1 aromatic carbocycles. The Morgan fingerprint density at radius 2 is 1.72 bits per heavy atom. The Balaban J connectivity index is 1.43. The van der Waals surface area contributed by atoms with E-state index in [1.807, 2.05) is 17.9 Å². The number of rotatable bonds is 5. The van der Waals surface area contributed by atoms with Gasteiger partial charge in [0.15, 0.2) is 0 Å². The van der Waals surface area contributed by atoms with Gasteiger partial charge in [-0.15, -0.1) is 0 Å². The van der Waals surface area contributed by atoms with Gasteiger partial charge in [0.05, 0.1) is 12.2 Å². The van der Waals surface area contributed by atoms with Gasteiger partial charge in [-0.2, -0.15) is 5.10 Å². The van der Waals surface area contributed by atoms with Crippen LogP contribution in [0.5, 0.6) is 0 Å². The lowest BCUT2D eigenvalue weighted by molar-refractivity contribution is 0.171. The first kappa shape index (κ1) is 16.8. The van der Waals surface area contributed by atoms with E-state index in [1.54, 1.807) is 0 Å². The van der Waals surface area contributed by atoms with Crippen LogP contribution in [0.15, 0.2) is 42.7 Å². The number of aryl methyl sites for hydroxylation is 1. The topological polar surface area (TPSA) is 33.1 Å². The van der Waals surface area contributed by atoms with Crippen molar-refractivity contribution in [2.45, 2.75) is 56.7 Å². The van der Waals surface area contributed by atoms with Crippen LogP contribution in [0.2, 0.25) is 0 Å². The summed E-state index contributed by atoms with van der Waals surface area (Å²) in [4.78, 5) is 2.73. The van der Waals surface area contributed by atoms with Gasteiger partial charge in [-0.25, -0.2) is 0 Å². The van der Waals surface area contributed by atoms with Crippen LogP contribution in [-0.4, -0.2) is 39.9 Å². The fourth-order valence-corrected chi connectivity index (χ4v) is 4.57. The number of nitrogens with zero attached hydrogens (tertiary/aromatic N) is 3. The molecule has 2 fully saturated rings. The van der Waals surface area contributed by atoms with Gasteiger partial charge in [0.25, 0.3) is 0 Å². The molecule has 1 unspecified atom stereocenters. The van der Waals surface area contributed by atoms with Crippen LogP contribution in [0.3, 0.4) is 0 Å². The van der Waals surface area contributed by atoms with Crippen LogP contribution in [-0.2, 0) is 7.05 Å². The molecule has 2 aliphatic rings. The first-order valence-corrected chi connectivity index (χ1v) is 9.83. The summed E-state index contributed by atoms with van der Waals surface area (Å²) in [5, 5.41) is 8.33. The molecule has 0 spiro atoms. The summed E-state index contributed by atoms with van der Waals surface area (Å²) >= 11 is 0. The van der Waals surface area contributed by atoms with E-state index in [2.05, 4.69) is 51.8 Å². The molecule has 0 radical (unpaired) electrons. The molecule has 0 bridgehead atoms. The summed E-state index contributed by atoms with van der Waals surface area (Å²) in [5.41, 5.74) is 2.59. The molecule has 2 aromatic rings. The predicted molar refractivity (Wildman–Crippen MR) is 101 cm³/mol. The molecule has 0 amide bonds. The zero-order valence-electron chi connectivity index (χ0n) is 15.3. The van der Waals surface area contributed by atoms with Crippen molar-refractivity contribution < 1.29 is 0 Å². The molecular weight excluding hydrogens is 308 g/mol. The van der Waals surface area contributed by atoms with Gasteiger partial charge in [-0.3, -0.25) is 4.68 Å². The van der Waals surface area contributed by atoms with E-state index < -0.39 is 0 Å². The summed E-state index contributed by atoms with van der Waals surface area (Å²) in [6.45, 7) is 2.65. The molecule has 4 heteroatoms. The highest BCUT2D eigenvalue weighted by Crippen LogP contribution is 2.29. The maximum absolute atomic E-state index is 4.39. The molecular formula is C21H30N4. The van der Waals surface area contributed by atoms with Gasteiger partial charge in [0, 0.05) is 30.9 Å². The van der Waals surface area contributed by atoms with Gasteiger partial charge in [0.1, 0.15) is 0 Å². The minimum absolute atomic E-state index is 0.239. The Morgan fingerprint density at radius 3 is 2.36 bits per heavy atom. The molecule has 1 saturated heterocycles. The quantitative estimate of drug-likeness (QED) is 0.906. The molecule has 2 heterocycles. The third-order valence-corrected chi connectivity index (χ3v) is 5.95. The molecule has 1 N–H and O–H groups in total. The Bertz CT molecular complexity index is 652. The normalized spacial score (nSPS) is 26.0. The van der Waals surface area contributed by atoms with Gasteiger partial charge in [-0.1, -0.05) is 30.3 Å². The Morgan fingerprint density at radius 1 is 1.00 bits per heavy atom. The van der Waals surface area contributed by atoms with Gasteiger partial charge in [0.2, 0.25) is 0 Å². The van der Waals surface area contributed by atoms with E-state index in [0.717, 1.165) is 6.04 Å². The standard InChI is InChI=1S/C21H30N4/c1-24-16-18(15-22-24)21(17-7-3-2-4-8-17)23-19-9-11-20(12-10-19)25-13-5-6-14-25/h2-4,7-8,15-16,19-21,23H,5-6,9-14H2,1H3. The van der Waals surface area contributed by atoms with E-state index >= 15 is 0 Å². The number of likely N-dealkylation sites (tertiary alicyclic amines) is 1. The zero-order chi connectivity index (χ0) is 17.1. The summed E-state index contributed by atoms with van der Waals surface area (Å²) in [6, 6.07) is 12.5. The number of hydrogen-bond acceptors (Lipinski definition) is 3. The van der Waals surface area contributed by atoms with Gasteiger partial charge in [-0.05, 0) is 57.2 Å². The number of nitrogens with one attached hydrogen (secondary N) is 1. The van der Waals surface area contributed by atoms with Crippen LogP contribution in [0.25, 0.3) is 0 Å². The second-order valence-corrected chi connectivity index (χ2v) is 7.71. The second-order valence-electron chi connectivity index (χ2n) is 7.71. The molecule has 1 atom stereocenters. The molecule has 1 saturated carbocycles. The van der Waals surface area contributed by atoms with Crippen molar-refractivity contribution >= 4 is 0 Å². The largest absolute Gasteiger partial charge is 0.303 e. The molecule has 1 aliphatic heterocycles. The molecule has 1 aromatic heterocycles. The van der Waals surface area contributed by atoms with Crippen LogP contribution in [0.1, 0.15) is 55.7 Å². The first-order valence-electron chi connectivity index (χ1n) is 9.83. The maximum atomic E-state index is 4.39. The third-order valence-electron chi connectivity index (χ3n) is 5.95. The smallest absolute Gasteiger partial charge is 0.0610 e. The number of aromatic nitrogens is 2. The molecule has 4 rings (SSSR count). The van der Waals surface area contributed by atoms with Crippen LogP contribution >= 0.6 is 0 Å². The summed E-state index contributed by atoms with van der Waals surface area (Å²) in [5.74, 6) is 0. The summed E-state index contributed by atoms with van der Waals surface area (Å²) < 4.78 is 1.90. The molecule has 1 aliphatic carbocycles. The predicted octanol–water partition coefficient (Wildman–Crippen LogP) is 3.51. The number of benzene rings is 1. The minimum atomic E-state index is 0.239. The molecule has 4 nitrogen and oxygen atoms in total.